The standard InChI is InChI=1S/C3H6N2/c1-4-3-5-2/h3H,1H2,2H3. The Balaban J connectivity index is 2.92. The molecule has 0 N–H and O–H groups in total. The summed E-state index contributed by atoms with van der Waals surface area (Å²) < 4.78 is 0. The largest absolute Gasteiger partial charge is 0.277 e. The van der Waals surface area contributed by atoms with Crippen molar-refractivity contribution in [3.8, 4) is 0 Å². The van der Waals surface area contributed by atoms with Crippen molar-refractivity contribution in [2.24, 2.45) is 9.98 Å². The Labute approximate surface area is 31.3 Å². The quantitative estimate of drug-likeness (QED) is 0.314. The summed E-state index contributed by atoms with van der Waals surface area (Å²) in [6, 6.07) is 0. The van der Waals surface area contributed by atoms with E-state index in [9.17, 15) is 0 Å². The zero-order valence-corrected chi connectivity index (χ0v) is 3.18. The van der Waals surface area contributed by atoms with Gasteiger partial charge in [0.05, 0.1) is 0 Å². The van der Waals surface area contributed by atoms with Crippen LogP contribution in [0.3, 0.4) is 0 Å². The van der Waals surface area contributed by atoms with E-state index in [1.165, 1.54) is 6.34 Å². The fourth-order valence-corrected chi connectivity index (χ4v) is 0.0816. The van der Waals surface area contributed by atoms with Crippen LogP contribution in [0.15, 0.2) is 9.98 Å². The van der Waals surface area contributed by atoms with E-state index in [2.05, 4.69) is 16.7 Å². The molecular formula is C3H6N2. The molecule has 0 saturated carbocycles. The van der Waals surface area contributed by atoms with E-state index in [1.54, 1.807) is 7.05 Å². The summed E-state index contributed by atoms with van der Waals surface area (Å²) in [7, 11) is 1.65. The van der Waals surface area contributed by atoms with E-state index in [0.717, 1.165) is 0 Å². The molecule has 0 amide bonds. The van der Waals surface area contributed by atoms with Crippen LogP contribution >= 0.6 is 0 Å². The number of aliphatic imine (C=N–C) groups is 2. The Morgan fingerprint density at radius 3 is 2.40 bits per heavy atom. The van der Waals surface area contributed by atoms with Crippen LogP contribution in [0.25, 0.3) is 0 Å². The van der Waals surface area contributed by atoms with E-state index >= 15 is 0 Å². The highest BCUT2D eigenvalue weighted by Gasteiger charge is 1.40. The van der Waals surface area contributed by atoms with Gasteiger partial charge in [-0.25, -0.2) is 0 Å². The Hall–Kier alpha value is -0.660. The van der Waals surface area contributed by atoms with Crippen molar-refractivity contribution < 1.29 is 0 Å². The van der Waals surface area contributed by atoms with Gasteiger partial charge in [0.2, 0.25) is 0 Å². The highest BCUT2D eigenvalue weighted by Crippen LogP contribution is 1.47. The average molecular weight is 70.1 g/mol. The summed E-state index contributed by atoms with van der Waals surface area (Å²) in [6.45, 7) is 3.15. The first-order valence-corrected chi connectivity index (χ1v) is 1.28. The normalized spacial score (nSPS) is 9.00. The van der Waals surface area contributed by atoms with Crippen molar-refractivity contribution in [2.45, 2.75) is 0 Å². The minimum absolute atomic E-state index is 1.39. The highest BCUT2D eigenvalue weighted by atomic mass is 14.8. The van der Waals surface area contributed by atoms with E-state index in [1.807, 2.05) is 0 Å². The minimum Gasteiger partial charge on any atom is -0.277 e. The van der Waals surface area contributed by atoms with Crippen molar-refractivity contribution >= 4 is 13.1 Å². The molecule has 28 valence electrons. The van der Waals surface area contributed by atoms with Crippen LogP contribution in [0, 0.1) is 0 Å². The molecular weight excluding hydrogens is 64.0 g/mol. The van der Waals surface area contributed by atoms with Gasteiger partial charge in [-0.3, -0.25) is 9.98 Å². The molecule has 0 aliphatic rings. The fraction of sp³-hybridized carbons (Fsp3) is 0.333. The third-order valence-electron chi connectivity index (χ3n) is 0.197. The number of nitrogens with zero attached hydrogens (tertiary/aromatic N) is 2. The van der Waals surface area contributed by atoms with Gasteiger partial charge in [-0.1, -0.05) is 0 Å². The molecule has 2 nitrogen and oxygen atoms in total. The lowest BCUT2D eigenvalue weighted by Gasteiger charge is -1.59. The lowest BCUT2D eigenvalue weighted by atomic mass is 11.2. The summed E-state index contributed by atoms with van der Waals surface area (Å²) in [5.41, 5.74) is 0. The molecule has 2 heteroatoms. The van der Waals surface area contributed by atoms with Gasteiger partial charge < -0.3 is 0 Å². The molecule has 0 unspecified atom stereocenters. The average Bonchev–Trinajstić information content (AvgIpc) is 1.41. The first-order valence-electron chi connectivity index (χ1n) is 1.28. The number of hydrogen-bond donors (Lipinski definition) is 0. The molecule has 0 fully saturated rings. The second-order valence-electron chi connectivity index (χ2n) is 0.556. The van der Waals surface area contributed by atoms with Gasteiger partial charge in [-0.2, -0.15) is 0 Å². The van der Waals surface area contributed by atoms with Crippen LogP contribution in [0.2, 0.25) is 0 Å². The summed E-state index contributed by atoms with van der Waals surface area (Å²) in [6.07, 6.45) is 1.39. The van der Waals surface area contributed by atoms with E-state index < -0.39 is 0 Å². The van der Waals surface area contributed by atoms with Crippen LogP contribution in [0.1, 0.15) is 0 Å². The Bertz CT molecular complexity index is 46.9. The maximum Gasteiger partial charge on any atom is 0.108 e. The van der Waals surface area contributed by atoms with E-state index in [-0.39, 0.29) is 0 Å². The van der Waals surface area contributed by atoms with Gasteiger partial charge in [0.15, 0.2) is 0 Å². The predicted molar refractivity (Wildman–Crippen MR) is 24.0 cm³/mol. The summed E-state index contributed by atoms with van der Waals surface area (Å²) in [5, 5.41) is 0. The van der Waals surface area contributed by atoms with Gasteiger partial charge in [0.25, 0.3) is 0 Å². The Morgan fingerprint density at radius 2 is 2.40 bits per heavy atom. The Kier molecular flexibility index (Phi) is 2.90. The molecule has 0 bridgehead atoms. The zero-order chi connectivity index (χ0) is 4.12. The van der Waals surface area contributed by atoms with Crippen LogP contribution in [-0.4, -0.2) is 20.1 Å². The lowest BCUT2D eigenvalue weighted by molar-refractivity contribution is 1.45. The smallest absolute Gasteiger partial charge is 0.108 e. The van der Waals surface area contributed by atoms with Gasteiger partial charge in [0, 0.05) is 7.05 Å². The predicted octanol–water partition coefficient (Wildman–Crippen LogP) is 0.345. The first kappa shape index (κ1) is 4.34. The fourth-order valence-electron chi connectivity index (χ4n) is 0.0816. The molecule has 0 heterocycles. The Morgan fingerprint density at radius 1 is 1.80 bits per heavy atom. The maximum absolute atomic E-state index is 3.50. The molecule has 0 aliphatic carbocycles. The highest BCUT2D eigenvalue weighted by molar-refractivity contribution is 5.61. The lowest BCUT2D eigenvalue weighted by Crippen LogP contribution is -1.54. The summed E-state index contributed by atoms with van der Waals surface area (Å²) >= 11 is 0. The first-order chi connectivity index (χ1) is 2.41. The molecule has 0 spiro atoms. The van der Waals surface area contributed by atoms with Gasteiger partial charge in [0.1, 0.15) is 6.34 Å². The van der Waals surface area contributed by atoms with Crippen molar-refractivity contribution in [3.63, 3.8) is 0 Å². The van der Waals surface area contributed by atoms with Crippen LogP contribution in [0.5, 0.6) is 0 Å². The maximum atomic E-state index is 3.50. The van der Waals surface area contributed by atoms with Crippen molar-refractivity contribution in [1.29, 1.82) is 0 Å². The van der Waals surface area contributed by atoms with Gasteiger partial charge >= 0.3 is 0 Å². The summed E-state index contributed by atoms with van der Waals surface area (Å²) in [4.78, 5) is 6.81. The van der Waals surface area contributed by atoms with Crippen molar-refractivity contribution in [1.82, 2.24) is 0 Å². The molecule has 0 aromatic carbocycles. The van der Waals surface area contributed by atoms with Crippen LogP contribution < -0.4 is 0 Å². The molecule has 0 aromatic rings. The SMILES string of the molecule is C=NC=NC. The molecule has 0 rings (SSSR count). The van der Waals surface area contributed by atoms with Gasteiger partial charge in [-0.15, -0.1) is 0 Å². The summed E-state index contributed by atoms with van der Waals surface area (Å²) in [5.74, 6) is 0. The van der Waals surface area contributed by atoms with Crippen LogP contribution in [0.4, 0.5) is 0 Å². The molecule has 0 aromatic heterocycles. The topological polar surface area (TPSA) is 24.7 Å². The number of hydrogen-bond acceptors (Lipinski definition) is 1. The molecule has 0 saturated heterocycles. The van der Waals surface area contributed by atoms with E-state index in [4.69, 9.17) is 0 Å². The second kappa shape index (κ2) is 3.34. The van der Waals surface area contributed by atoms with E-state index in [0.29, 0.717) is 0 Å². The van der Waals surface area contributed by atoms with Crippen molar-refractivity contribution in [3.05, 3.63) is 0 Å². The minimum atomic E-state index is 1.39. The third-order valence-corrected chi connectivity index (χ3v) is 0.197. The number of rotatable bonds is 1. The van der Waals surface area contributed by atoms with Crippen LogP contribution in [-0.2, 0) is 0 Å². The van der Waals surface area contributed by atoms with Gasteiger partial charge in [-0.05, 0) is 6.72 Å². The molecule has 0 radical (unpaired) electrons. The molecule has 0 aliphatic heterocycles. The molecule has 5 heavy (non-hydrogen) atoms. The van der Waals surface area contributed by atoms with Crippen molar-refractivity contribution in [2.75, 3.05) is 7.05 Å². The zero-order valence-electron chi connectivity index (χ0n) is 3.18. The second-order valence-corrected chi connectivity index (χ2v) is 0.556. The molecule has 0 atom stereocenters. The third kappa shape index (κ3) is 3.34. The monoisotopic (exact) mass is 70.1 g/mol.